The maximum absolute atomic E-state index is 13.2. The van der Waals surface area contributed by atoms with E-state index < -0.39 is 11.6 Å². The molecule has 0 saturated carbocycles. The zero-order chi connectivity index (χ0) is 35.1. The van der Waals surface area contributed by atoms with Crippen molar-refractivity contribution in [2.45, 2.75) is 19.0 Å². The van der Waals surface area contributed by atoms with E-state index in [-0.39, 0.29) is 19.0 Å². The zero-order valence-corrected chi connectivity index (χ0v) is 28.3. The lowest BCUT2D eigenvalue weighted by molar-refractivity contribution is 0.102. The summed E-state index contributed by atoms with van der Waals surface area (Å²) in [5.41, 5.74) is 5.85. The number of aryl methyl sites for hydroxylation is 1. The second-order valence-corrected chi connectivity index (χ2v) is 12.3. The number of carbonyl (C=O) groups is 2. The van der Waals surface area contributed by atoms with Gasteiger partial charge in [0.05, 0.1) is 18.3 Å². The van der Waals surface area contributed by atoms with E-state index in [0.717, 1.165) is 33.8 Å². The Morgan fingerprint density at radius 3 is 1.84 bits per heavy atom. The molecule has 0 fully saturated rings. The number of nitrogens with one attached hydrogen (secondary N) is 2. The molecule has 0 unspecified atom stereocenters. The molecule has 0 spiro atoms. The molecule has 9 nitrogen and oxygen atoms in total. The van der Waals surface area contributed by atoms with Crippen molar-refractivity contribution in [2.24, 2.45) is 0 Å². The lowest BCUT2D eigenvalue weighted by Crippen LogP contribution is -2.39. The van der Waals surface area contributed by atoms with Crippen LogP contribution in [0.3, 0.4) is 0 Å². The highest BCUT2D eigenvalue weighted by Gasteiger charge is 2.37. The Balaban J connectivity index is 1.24. The zero-order valence-electron chi connectivity index (χ0n) is 28.3. The van der Waals surface area contributed by atoms with Gasteiger partial charge in [-0.15, -0.1) is 0 Å². The van der Waals surface area contributed by atoms with Crippen LogP contribution in [-0.2, 0) is 12.1 Å². The van der Waals surface area contributed by atoms with Crippen molar-refractivity contribution >= 4 is 34.9 Å². The first kappa shape index (κ1) is 33.5. The van der Waals surface area contributed by atoms with E-state index in [2.05, 4.69) is 52.1 Å². The lowest BCUT2D eigenvalue weighted by atomic mass is 9.77. The maximum Gasteiger partial charge on any atom is 0.411 e. The highest BCUT2D eigenvalue weighted by atomic mass is 16.4. The van der Waals surface area contributed by atoms with E-state index >= 15 is 0 Å². The van der Waals surface area contributed by atoms with E-state index in [9.17, 15) is 14.7 Å². The van der Waals surface area contributed by atoms with Gasteiger partial charge in [0.15, 0.2) is 0 Å². The molecule has 6 rings (SSSR count). The largest absolute Gasteiger partial charge is 0.465 e. The first-order valence-electron chi connectivity index (χ1n) is 16.4. The normalized spacial score (nSPS) is 11.1. The number of nitrogens with zero attached hydrogens (tertiary/aromatic N) is 4. The maximum atomic E-state index is 13.2. The van der Waals surface area contributed by atoms with Gasteiger partial charge < -0.3 is 20.6 Å². The molecule has 0 aliphatic rings. The standard InChI is InChI=1S/C41H40N6O3/c1-30-19-24-36(37(29-30)45(2)3)39(48)43-34-20-22-35(23-21-34)46(40(49)50)27-28-47-38(25-26-42-47)44-41(31-13-7-4-8-14-31,32-15-9-5-10-16-32)33-17-11-6-12-18-33/h4-26,29,44H,27-28H2,1-3H3,(H,43,48)(H,49,50). The van der Waals surface area contributed by atoms with Crippen LogP contribution in [0.2, 0.25) is 0 Å². The summed E-state index contributed by atoms with van der Waals surface area (Å²) in [4.78, 5) is 28.8. The van der Waals surface area contributed by atoms with Gasteiger partial charge in [-0.05, 0) is 65.6 Å². The minimum Gasteiger partial charge on any atom is -0.465 e. The minimum atomic E-state index is -1.09. The van der Waals surface area contributed by atoms with E-state index in [1.807, 2.05) is 105 Å². The molecule has 3 N–H and O–H groups in total. The second kappa shape index (κ2) is 14.8. The Hall–Kier alpha value is -6.35. The molecule has 1 aromatic heterocycles. The third-order valence-corrected chi connectivity index (χ3v) is 8.74. The highest BCUT2D eigenvalue weighted by molar-refractivity contribution is 6.08. The smallest absolute Gasteiger partial charge is 0.411 e. The molecule has 9 heteroatoms. The average molecular weight is 665 g/mol. The number of benzene rings is 5. The Labute approximate surface area is 292 Å². The number of carboxylic acid groups (broad SMARTS) is 1. The van der Waals surface area contributed by atoms with E-state index in [4.69, 9.17) is 0 Å². The first-order chi connectivity index (χ1) is 24.3. The van der Waals surface area contributed by atoms with E-state index in [1.165, 1.54) is 4.90 Å². The summed E-state index contributed by atoms with van der Waals surface area (Å²) < 4.78 is 1.79. The van der Waals surface area contributed by atoms with Crippen LogP contribution < -0.4 is 20.4 Å². The summed E-state index contributed by atoms with van der Waals surface area (Å²) in [5, 5.41) is 21.6. The number of carbonyl (C=O) groups excluding carboxylic acids is 1. The molecule has 0 bridgehead atoms. The summed E-state index contributed by atoms with van der Waals surface area (Å²) in [6.45, 7) is 2.41. The molecular weight excluding hydrogens is 624 g/mol. The Morgan fingerprint density at radius 1 is 0.760 bits per heavy atom. The van der Waals surface area contributed by atoms with Crippen molar-refractivity contribution in [3.05, 3.63) is 174 Å². The molecule has 0 radical (unpaired) electrons. The van der Waals surface area contributed by atoms with Gasteiger partial charge in [-0.25, -0.2) is 9.48 Å². The van der Waals surface area contributed by atoms with Crippen molar-refractivity contribution in [2.75, 3.05) is 41.1 Å². The number of rotatable bonds is 12. The average Bonchev–Trinajstić information content (AvgIpc) is 3.58. The number of hydrogen-bond donors (Lipinski definition) is 3. The van der Waals surface area contributed by atoms with Crippen molar-refractivity contribution in [3.63, 3.8) is 0 Å². The third kappa shape index (κ3) is 7.07. The molecule has 1 heterocycles. The van der Waals surface area contributed by atoms with E-state index in [1.54, 1.807) is 35.1 Å². The predicted molar refractivity (Wildman–Crippen MR) is 200 cm³/mol. The van der Waals surface area contributed by atoms with Gasteiger partial charge in [-0.2, -0.15) is 5.10 Å². The molecule has 2 amide bonds. The van der Waals surface area contributed by atoms with Crippen LogP contribution in [0, 0.1) is 6.92 Å². The van der Waals surface area contributed by atoms with Crippen LogP contribution >= 0.6 is 0 Å². The molecule has 5 aromatic carbocycles. The highest BCUT2D eigenvalue weighted by Crippen LogP contribution is 2.40. The molecule has 0 saturated heterocycles. The Kier molecular flexibility index (Phi) is 9.95. The Morgan fingerprint density at radius 2 is 1.32 bits per heavy atom. The quantitative estimate of drug-likeness (QED) is 0.114. The summed E-state index contributed by atoms with van der Waals surface area (Å²) in [6, 6.07) is 45.2. The summed E-state index contributed by atoms with van der Waals surface area (Å²) in [5.74, 6) is 0.492. The molecule has 50 heavy (non-hydrogen) atoms. The monoisotopic (exact) mass is 664 g/mol. The fourth-order valence-electron chi connectivity index (χ4n) is 6.25. The Bertz CT molecular complexity index is 1950. The van der Waals surface area contributed by atoms with Crippen molar-refractivity contribution in [3.8, 4) is 0 Å². The third-order valence-electron chi connectivity index (χ3n) is 8.74. The van der Waals surface area contributed by atoms with Crippen molar-refractivity contribution in [1.29, 1.82) is 0 Å². The topological polar surface area (TPSA) is 103 Å². The van der Waals surface area contributed by atoms with Crippen molar-refractivity contribution in [1.82, 2.24) is 9.78 Å². The van der Waals surface area contributed by atoms with Gasteiger partial charge in [0.2, 0.25) is 0 Å². The predicted octanol–water partition coefficient (Wildman–Crippen LogP) is 8.10. The molecular formula is C41H40N6O3. The second-order valence-electron chi connectivity index (χ2n) is 12.3. The first-order valence-corrected chi connectivity index (χ1v) is 16.4. The van der Waals surface area contributed by atoms with Crippen LogP contribution in [-0.4, -0.2) is 47.5 Å². The van der Waals surface area contributed by atoms with Gasteiger partial charge in [0.25, 0.3) is 5.91 Å². The fourth-order valence-corrected chi connectivity index (χ4v) is 6.25. The molecule has 0 aliphatic carbocycles. The van der Waals surface area contributed by atoms with Crippen LogP contribution in [0.4, 0.5) is 27.7 Å². The van der Waals surface area contributed by atoms with Crippen LogP contribution in [0.5, 0.6) is 0 Å². The SMILES string of the molecule is Cc1ccc(C(=O)Nc2ccc(N(CCn3nccc3NC(c3ccccc3)(c3ccccc3)c3ccccc3)C(=O)O)cc2)c(N(C)C)c1. The van der Waals surface area contributed by atoms with Gasteiger partial charge >= 0.3 is 6.09 Å². The van der Waals surface area contributed by atoms with Crippen molar-refractivity contribution < 1.29 is 14.7 Å². The number of anilines is 4. The van der Waals surface area contributed by atoms with Crippen LogP contribution in [0.15, 0.2) is 146 Å². The summed E-state index contributed by atoms with van der Waals surface area (Å²) in [6.07, 6.45) is 0.623. The fraction of sp³-hybridized carbons (Fsp3) is 0.146. The lowest BCUT2D eigenvalue weighted by Gasteiger charge is -2.37. The van der Waals surface area contributed by atoms with Crippen LogP contribution in [0.1, 0.15) is 32.6 Å². The van der Waals surface area contributed by atoms with Crippen LogP contribution in [0.25, 0.3) is 0 Å². The molecule has 252 valence electrons. The molecule has 6 aromatic rings. The van der Waals surface area contributed by atoms with Gasteiger partial charge in [-0.3, -0.25) is 9.69 Å². The number of amides is 2. The molecule has 0 aliphatic heterocycles. The van der Waals surface area contributed by atoms with Gasteiger partial charge in [-0.1, -0.05) is 97.1 Å². The molecule has 0 atom stereocenters. The number of aromatic nitrogens is 2. The van der Waals surface area contributed by atoms with E-state index in [0.29, 0.717) is 16.9 Å². The summed E-state index contributed by atoms with van der Waals surface area (Å²) >= 11 is 0. The van der Waals surface area contributed by atoms with Gasteiger partial charge in [0.1, 0.15) is 11.4 Å². The minimum absolute atomic E-state index is 0.141. The summed E-state index contributed by atoms with van der Waals surface area (Å²) in [7, 11) is 3.80. The number of hydrogen-bond acceptors (Lipinski definition) is 5. The van der Waals surface area contributed by atoms with Gasteiger partial charge in [0, 0.05) is 43.8 Å².